The molecule has 0 radical (unpaired) electrons. The first kappa shape index (κ1) is 19.9. The molecule has 0 atom stereocenters. The highest BCUT2D eigenvalue weighted by Crippen LogP contribution is 2.43. The Balaban J connectivity index is 2.46. The van der Waals surface area contributed by atoms with E-state index in [0.717, 1.165) is 22.3 Å². The van der Waals surface area contributed by atoms with Crippen LogP contribution in [0.1, 0.15) is 61.3 Å². The van der Waals surface area contributed by atoms with Crippen molar-refractivity contribution in [1.29, 1.82) is 0 Å². The second-order valence-electron chi connectivity index (χ2n) is 7.45. The summed E-state index contributed by atoms with van der Waals surface area (Å²) in [6.07, 6.45) is 0.718. The highest BCUT2D eigenvalue weighted by molar-refractivity contribution is 6.13. The van der Waals surface area contributed by atoms with Crippen LogP contribution in [0.15, 0.2) is 12.1 Å². The first-order chi connectivity index (χ1) is 12.2. The van der Waals surface area contributed by atoms with Gasteiger partial charge in [0.2, 0.25) is 5.91 Å². The van der Waals surface area contributed by atoms with E-state index in [1.165, 1.54) is 4.90 Å². The molecule has 1 aromatic carbocycles. The smallest absolute Gasteiger partial charge is 0.229 e. The Morgan fingerprint density at radius 2 is 1.65 bits per heavy atom. The molecule has 138 valence electrons. The van der Waals surface area contributed by atoms with Gasteiger partial charge in [-0.1, -0.05) is 12.8 Å². The normalized spacial score (nSPS) is 22.6. The molecule has 0 saturated heterocycles. The van der Waals surface area contributed by atoms with Crippen LogP contribution in [0.2, 0.25) is 0 Å². The summed E-state index contributed by atoms with van der Waals surface area (Å²) in [5.41, 5.74) is 2.56. The fourth-order valence-corrected chi connectivity index (χ4v) is 4.11. The number of ketones is 2. The van der Waals surface area contributed by atoms with Gasteiger partial charge in [-0.15, -0.1) is 5.92 Å². The third-order valence-electron chi connectivity index (χ3n) is 5.36. The highest BCUT2D eigenvalue weighted by atomic mass is 16.2. The summed E-state index contributed by atoms with van der Waals surface area (Å²) >= 11 is 0. The maximum Gasteiger partial charge on any atom is 0.229 e. The lowest BCUT2D eigenvalue weighted by atomic mass is 9.64. The summed E-state index contributed by atoms with van der Waals surface area (Å²) in [5.74, 6) is 4.68. The SMILES string of the molecule is CC#Cc1cc(C)c(C2C(=O)CC(CC)(C(=O)N(C)C)CC2=O)c(C)c1. The highest BCUT2D eigenvalue weighted by Gasteiger charge is 2.50. The molecule has 1 amide bonds. The average Bonchev–Trinajstić information content (AvgIpc) is 2.55. The molecule has 1 fully saturated rings. The van der Waals surface area contributed by atoms with Gasteiger partial charge in [0.25, 0.3) is 0 Å². The van der Waals surface area contributed by atoms with Gasteiger partial charge in [-0.05, 0) is 56.0 Å². The van der Waals surface area contributed by atoms with E-state index in [2.05, 4.69) is 11.8 Å². The molecule has 0 aromatic heterocycles. The fourth-order valence-electron chi connectivity index (χ4n) is 4.11. The van der Waals surface area contributed by atoms with Gasteiger partial charge in [0, 0.05) is 32.5 Å². The van der Waals surface area contributed by atoms with Crippen LogP contribution in [-0.2, 0) is 14.4 Å². The molecule has 0 N–H and O–H groups in total. The number of hydrogen-bond donors (Lipinski definition) is 0. The second-order valence-corrected chi connectivity index (χ2v) is 7.45. The van der Waals surface area contributed by atoms with Gasteiger partial charge in [0.1, 0.15) is 17.5 Å². The molecule has 2 rings (SSSR count). The molecule has 4 nitrogen and oxygen atoms in total. The average molecular weight is 353 g/mol. The molecule has 0 aliphatic heterocycles. The van der Waals surface area contributed by atoms with Crippen molar-refractivity contribution in [2.24, 2.45) is 5.41 Å². The molecule has 1 aliphatic carbocycles. The van der Waals surface area contributed by atoms with E-state index in [0.29, 0.717) is 6.42 Å². The largest absolute Gasteiger partial charge is 0.348 e. The quantitative estimate of drug-likeness (QED) is 0.619. The second kappa shape index (κ2) is 7.45. The van der Waals surface area contributed by atoms with Gasteiger partial charge < -0.3 is 4.90 Å². The van der Waals surface area contributed by atoms with Crippen molar-refractivity contribution in [2.45, 2.75) is 52.9 Å². The Kier molecular flexibility index (Phi) is 5.71. The fraction of sp³-hybridized carbons (Fsp3) is 0.500. The van der Waals surface area contributed by atoms with Gasteiger partial charge >= 0.3 is 0 Å². The van der Waals surface area contributed by atoms with Gasteiger partial charge in [-0.2, -0.15) is 0 Å². The maximum atomic E-state index is 13.0. The molecule has 4 heteroatoms. The lowest BCUT2D eigenvalue weighted by Gasteiger charge is -2.38. The Hall–Kier alpha value is -2.41. The number of Topliss-reactive ketones (excluding diaryl/α,β-unsaturated/α-hetero) is 2. The standard InChI is InChI=1S/C22H27NO3/c1-7-9-16-10-14(3)19(15(4)11-16)20-17(24)12-22(8-2,13-18(20)25)21(26)23(5)6/h10-11,20H,8,12-13H2,1-6H3. The number of carbonyl (C=O) groups excluding carboxylic acids is 3. The lowest BCUT2D eigenvalue weighted by Crippen LogP contribution is -2.48. The van der Waals surface area contributed by atoms with Crippen molar-refractivity contribution in [3.8, 4) is 11.8 Å². The number of nitrogens with zero attached hydrogens (tertiary/aromatic N) is 1. The molecule has 26 heavy (non-hydrogen) atoms. The van der Waals surface area contributed by atoms with Crippen molar-refractivity contribution in [3.63, 3.8) is 0 Å². The Bertz CT molecular complexity index is 783. The zero-order chi connectivity index (χ0) is 19.6. The van der Waals surface area contributed by atoms with Crippen LogP contribution in [0.5, 0.6) is 0 Å². The molecule has 0 heterocycles. The Labute approximate surface area is 156 Å². The number of benzene rings is 1. The Morgan fingerprint density at radius 1 is 1.15 bits per heavy atom. The topological polar surface area (TPSA) is 54.5 Å². The molecule has 1 saturated carbocycles. The summed E-state index contributed by atoms with van der Waals surface area (Å²) in [6, 6.07) is 3.85. The summed E-state index contributed by atoms with van der Waals surface area (Å²) in [6.45, 7) is 7.47. The molecule has 1 aliphatic rings. The molecule has 1 aromatic rings. The molecular weight excluding hydrogens is 326 g/mol. The van der Waals surface area contributed by atoms with Crippen molar-refractivity contribution < 1.29 is 14.4 Å². The first-order valence-electron chi connectivity index (χ1n) is 8.98. The van der Waals surface area contributed by atoms with Crippen LogP contribution in [0.4, 0.5) is 0 Å². The van der Waals surface area contributed by atoms with Crippen LogP contribution in [0, 0.1) is 31.1 Å². The van der Waals surface area contributed by atoms with E-state index < -0.39 is 11.3 Å². The molecule has 0 unspecified atom stereocenters. The van der Waals surface area contributed by atoms with Crippen LogP contribution in [0.25, 0.3) is 0 Å². The van der Waals surface area contributed by atoms with Gasteiger partial charge in [-0.25, -0.2) is 0 Å². The minimum Gasteiger partial charge on any atom is -0.348 e. The minimum absolute atomic E-state index is 0.117. The predicted molar refractivity (Wildman–Crippen MR) is 102 cm³/mol. The van der Waals surface area contributed by atoms with E-state index in [1.807, 2.05) is 32.9 Å². The lowest BCUT2D eigenvalue weighted by molar-refractivity contribution is -0.151. The van der Waals surface area contributed by atoms with Crippen molar-refractivity contribution >= 4 is 17.5 Å². The number of amides is 1. The number of carbonyl (C=O) groups is 3. The predicted octanol–water partition coefficient (Wildman–Crippen LogP) is 3.18. The third-order valence-corrected chi connectivity index (χ3v) is 5.36. The van der Waals surface area contributed by atoms with Crippen molar-refractivity contribution in [1.82, 2.24) is 4.90 Å². The van der Waals surface area contributed by atoms with E-state index in [-0.39, 0.29) is 30.3 Å². The van der Waals surface area contributed by atoms with Crippen LogP contribution in [0.3, 0.4) is 0 Å². The zero-order valence-electron chi connectivity index (χ0n) is 16.5. The van der Waals surface area contributed by atoms with Crippen LogP contribution >= 0.6 is 0 Å². The van der Waals surface area contributed by atoms with E-state index >= 15 is 0 Å². The molecule has 0 bridgehead atoms. The number of hydrogen-bond acceptors (Lipinski definition) is 3. The monoisotopic (exact) mass is 353 g/mol. The van der Waals surface area contributed by atoms with Crippen molar-refractivity contribution in [3.05, 3.63) is 34.4 Å². The van der Waals surface area contributed by atoms with Crippen molar-refractivity contribution in [2.75, 3.05) is 14.1 Å². The Morgan fingerprint density at radius 3 is 2.04 bits per heavy atom. The number of aryl methyl sites for hydroxylation is 2. The van der Waals surface area contributed by atoms with Crippen LogP contribution in [-0.4, -0.2) is 36.5 Å². The van der Waals surface area contributed by atoms with Gasteiger partial charge in [0.15, 0.2) is 0 Å². The minimum atomic E-state index is -0.899. The summed E-state index contributed by atoms with van der Waals surface area (Å²) in [5, 5.41) is 0. The van der Waals surface area contributed by atoms with Gasteiger partial charge in [-0.3, -0.25) is 14.4 Å². The number of rotatable bonds is 3. The molecular formula is C22H27NO3. The first-order valence-corrected chi connectivity index (χ1v) is 8.98. The van der Waals surface area contributed by atoms with Gasteiger partial charge in [0.05, 0.1) is 5.41 Å². The van der Waals surface area contributed by atoms with Crippen LogP contribution < -0.4 is 0 Å². The van der Waals surface area contributed by atoms with E-state index in [9.17, 15) is 14.4 Å². The summed E-state index contributed by atoms with van der Waals surface area (Å²) in [7, 11) is 3.34. The van der Waals surface area contributed by atoms with E-state index in [1.54, 1.807) is 21.0 Å². The summed E-state index contributed by atoms with van der Waals surface area (Å²) < 4.78 is 0. The van der Waals surface area contributed by atoms with E-state index in [4.69, 9.17) is 0 Å². The summed E-state index contributed by atoms with van der Waals surface area (Å²) in [4.78, 5) is 40.1. The maximum absolute atomic E-state index is 13.0. The third kappa shape index (κ3) is 3.44. The molecule has 0 spiro atoms. The zero-order valence-corrected chi connectivity index (χ0v) is 16.5.